The molecule has 2 aliphatic heterocycles. The number of nitrogens with one attached hydrogen (secondary N) is 1. The molecule has 2 heterocycles. The SMILES string of the molecule is CN1C=C(OCC2CCN(Cc3cccc([N+](=O)[O-])c3)CC2)N(c2ccccc2)N1. The number of nitro benzene ring substituents is 1. The fourth-order valence-corrected chi connectivity index (χ4v) is 3.86. The minimum atomic E-state index is -0.338. The number of anilines is 1. The van der Waals surface area contributed by atoms with Crippen LogP contribution in [0.4, 0.5) is 11.4 Å². The lowest BCUT2D eigenvalue weighted by Gasteiger charge is -2.32. The van der Waals surface area contributed by atoms with E-state index >= 15 is 0 Å². The number of hydrogen-bond acceptors (Lipinski definition) is 7. The standard InChI is InChI=1S/C22H27N5O3/c1-24-16-22(26(23-24)20-7-3-2-4-8-20)30-17-18-10-12-25(13-11-18)15-19-6-5-9-21(14-19)27(28)29/h2-9,14,16,18,23H,10-13,15,17H2,1H3. The summed E-state index contributed by atoms with van der Waals surface area (Å²) in [7, 11) is 1.94. The molecule has 1 saturated heterocycles. The Balaban J connectivity index is 1.26. The van der Waals surface area contributed by atoms with Gasteiger partial charge in [-0.25, -0.2) is 5.01 Å². The predicted octanol–water partition coefficient (Wildman–Crippen LogP) is 3.49. The molecule has 2 aliphatic rings. The molecule has 0 aromatic heterocycles. The summed E-state index contributed by atoms with van der Waals surface area (Å²) in [5.41, 5.74) is 5.42. The number of nitrogens with zero attached hydrogens (tertiary/aromatic N) is 4. The summed E-state index contributed by atoms with van der Waals surface area (Å²) in [6.07, 6.45) is 4.05. The number of non-ortho nitro benzene ring substituents is 1. The first-order valence-corrected chi connectivity index (χ1v) is 10.2. The number of hydrazine groups is 2. The second kappa shape index (κ2) is 9.15. The molecule has 0 radical (unpaired) electrons. The molecule has 0 spiro atoms. The lowest BCUT2D eigenvalue weighted by Crippen LogP contribution is -2.39. The maximum absolute atomic E-state index is 11.0. The van der Waals surface area contributed by atoms with Crippen molar-refractivity contribution in [1.82, 2.24) is 15.4 Å². The average Bonchev–Trinajstić information content (AvgIpc) is 3.14. The molecule has 0 saturated carbocycles. The molecule has 4 rings (SSSR count). The van der Waals surface area contributed by atoms with Gasteiger partial charge in [-0.3, -0.25) is 20.0 Å². The minimum absolute atomic E-state index is 0.155. The Morgan fingerprint density at radius 1 is 1.13 bits per heavy atom. The number of likely N-dealkylation sites (tertiary alicyclic amines) is 1. The summed E-state index contributed by atoms with van der Waals surface area (Å²) in [4.78, 5) is 13.0. The third-order valence-corrected chi connectivity index (χ3v) is 5.50. The van der Waals surface area contributed by atoms with E-state index in [2.05, 4.69) is 10.4 Å². The molecule has 0 atom stereocenters. The molecule has 1 fully saturated rings. The number of rotatable bonds is 7. The highest BCUT2D eigenvalue weighted by molar-refractivity contribution is 5.50. The Hall–Kier alpha value is -3.10. The lowest BCUT2D eigenvalue weighted by molar-refractivity contribution is -0.384. The van der Waals surface area contributed by atoms with E-state index in [1.54, 1.807) is 12.1 Å². The van der Waals surface area contributed by atoms with E-state index in [4.69, 9.17) is 4.74 Å². The Bertz CT molecular complexity index is 897. The first kappa shape index (κ1) is 20.2. The number of hydrogen-bond donors (Lipinski definition) is 1. The van der Waals surface area contributed by atoms with Crippen LogP contribution in [0.25, 0.3) is 0 Å². The quantitative estimate of drug-likeness (QED) is 0.554. The van der Waals surface area contributed by atoms with Crippen LogP contribution in [0.15, 0.2) is 66.7 Å². The van der Waals surface area contributed by atoms with Crippen LogP contribution in [0.1, 0.15) is 18.4 Å². The van der Waals surface area contributed by atoms with Crippen LogP contribution < -0.4 is 10.5 Å². The molecule has 30 heavy (non-hydrogen) atoms. The van der Waals surface area contributed by atoms with Gasteiger partial charge in [-0.15, -0.1) is 5.53 Å². The van der Waals surface area contributed by atoms with Crippen LogP contribution in [0.5, 0.6) is 0 Å². The van der Waals surface area contributed by atoms with Gasteiger partial charge in [0.1, 0.15) is 0 Å². The molecule has 2 aromatic rings. The van der Waals surface area contributed by atoms with Crippen molar-refractivity contribution < 1.29 is 9.66 Å². The number of nitro groups is 1. The summed E-state index contributed by atoms with van der Waals surface area (Å²) >= 11 is 0. The predicted molar refractivity (Wildman–Crippen MR) is 115 cm³/mol. The zero-order chi connectivity index (χ0) is 20.9. The Morgan fingerprint density at radius 2 is 1.90 bits per heavy atom. The van der Waals surface area contributed by atoms with E-state index in [0.717, 1.165) is 49.6 Å². The summed E-state index contributed by atoms with van der Waals surface area (Å²) in [5, 5.41) is 14.8. The smallest absolute Gasteiger partial charge is 0.269 e. The van der Waals surface area contributed by atoms with Crippen LogP contribution >= 0.6 is 0 Å². The van der Waals surface area contributed by atoms with Crippen molar-refractivity contribution in [1.29, 1.82) is 0 Å². The van der Waals surface area contributed by atoms with Crippen LogP contribution in [-0.4, -0.2) is 41.6 Å². The number of para-hydroxylation sites is 1. The first-order valence-electron chi connectivity index (χ1n) is 10.2. The van der Waals surface area contributed by atoms with Crippen molar-refractivity contribution in [3.63, 3.8) is 0 Å². The Morgan fingerprint density at radius 3 is 2.63 bits per heavy atom. The number of ether oxygens (including phenoxy) is 1. The number of benzene rings is 2. The van der Waals surface area contributed by atoms with Crippen LogP contribution in [-0.2, 0) is 11.3 Å². The fraction of sp³-hybridized carbons (Fsp3) is 0.364. The summed E-state index contributed by atoms with van der Waals surface area (Å²) in [5.74, 6) is 1.29. The zero-order valence-corrected chi connectivity index (χ0v) is 17.1. The van der Waals surface area contributed by atoms with E-state index in [0.29, 0.717) is 12.5 Å². The molecular weight excluding hydrogens is 382 g/mol. The van der Waals surface area contributed by atoms with Crippen molar-refractivity contribution in [3.05, 3.63) is 82.4 Å². The van der Waals surface area contributed by atoms with E-state index < -0.39 is 0 Å². The third kappa shape index (κ3) is 4.90. The zero-order valence-electron chi connectivity index (χ0n) is 17.1. The highest BCUT2D eigenvalue weighted by atomic mass is 16.6. The van der Waals surface area contributed by atoms with Crippen molar-refractivity contribution in [2.75, 3.05) is 31.8 Å². The molecule has 1 N–H and O–H groups in total. The highest BCUT2D eigenvalue weighted by Crippen LogP contribution is 2.25. The molecule has 0 aliphatic carbocycles. The van der Waals surface area contributed by atoms with Crippen molar-refractivity contribution >= 4 is 11.4 Å². The van der Waals surface area contributed by atoms with Gasteiger partial charge in [0, 0.05) is 25.7 Å². The summed E-state index contributed by atoms with van der Waals surface area (Å²) in [6.45, 7) is 3.36. The third-order valence-electron chi connectivity index (χ3n) is 5.50. The van der Waals surface area contributed by atoms with Gasteiger partial charge >= 0.3 is 0 Å². The van der Waals surface area contributed by atoms with Gasteiger partial charge in [0.15, 0.2) is 0 Å². The fourth-order valence-electron chi connectivity index (χ4n) is 3.86. The van der Waals surface area contributed by atoms with Gasteiger partial charge in [0.05, 0.1) is 23.4 Å². The van der Waals surface area contributed by atoms with Crippen molar-refractivity contribution in [2.45, 2.75) is 19.4 Å². The van der Waals surface area contributed by atoms with Crippen molar-refractivity contribution in [3.8, 4) is 0 Å². The van der Waals surface area contributed by atoms with Gasteiger partial charge in [0.2, 0.25) is 5.88 Å². The maximum atomic E-state index is 11.0. The molecule has 0 amide bonds. The van der Waals surface area contributed by atoms with Crippen LogP contribution in [0.3, 0.4) is 0 Å². The van der Waals surface area contributed by atoms with E-state index in [1.165, 1.54) is 6.07 Å². The van der Waals surface area contributed by atoms with Gasteiger partial charge < -0.3 is 4.74 Å². The second-order valence-electron chi connectivity index (χ2n) is 7.81. The maximum Gasteiger partial charge on any atom is 0.269 e. The molecule has 0 bridgehead atoms. The van der Waals surface area contributed by atoms with Crippen LogP contribution in [0.2, 0.25) is 0 Å². The average molecular weight is 409 g/mol. The van der Waals surface area contributed by atoms with Crippen molar-refractivity contribution in [2.24, 2.45) is 5.92 Å². The topological polar surface area (TPSA) is 74.1 Å². The summed E-state index contributed by atoms with van der Waals surface area (Å²) in [6, 6.07) is 17.0. The molecule has 8 nitrogen and oxygen atoms in total. The highest BCUT2D eigenvalue weighted by Gasteiger charge is 2.25. The first-order chi connectivity index (χ1) is 14.6. The number of piperidine rings is 1. The molecule has 8 heteroatoms. The van der Waals surface area contributed by atoms with E-state index in [1.807, 2.05) is 59.7 Å². The molecule has 158 valence electrons. The van der Waals surface area contributed by atoms with E-state index in [9.17, 15) is 10.1 Å². The van der Waals surface area contributed by atoms with Crippen LogP contribution in [0, 0.1) is 16.0 Å². The molecule has 0 unspecified atom stereocenters. The lowest BCUT2D eigenvalue weighted by atomic mass is 9.97. The summed E-state index contributed by atoms with van der Waals surface area (Å²) < 4.78 is 6.16. The second-order valence-corrected chi connectivity index (χ2v) is 7.81. The molecule has 2 aromatic carbocycles. The normalized spacial score (nSPS) is 17.8. The molecular formula is C22H27N5O3. The van der Waals surface area contributed by atoms with Gasteiger partial charge in [-0.1, -0.05) is 30.3 Å². The monoisotopic (exact) mass is 409 g/mol. The van der Waals surface area contributed by atoms with E-state index in [-0.39, 0.29) is 10.6 Å². The minimum Gasteiger partial charge on any atom is -0.477 e. The largest absolute Gasteiger partial charge is 0.477 e. The van der Waals surface area contributed by atoms with Gasteiger partial charge in [-0.05, 0) is 49.5 Å². The Kier molecular flexibility index (Phi) is 6.15. The Labute approximate surface area is 176 Å². The van der Waals surface area contributed by atoms with Gasteiger partial charge in [-0.2, -0.15) is 0 Å². The van der Waals surface area contributed by atoms with Gasteiger partial charge in [0.25, 0.3) is 5.69 Å².